The average Bonchev–Trinajstić information content (AvgIpc) is 2.51. The number of carbonyl (C=O) groups is 1. The molecule has 1 unspecified atom stereocenters. The van der Waals surface area contributed by atoms with Crippen LogP contribution >= 0.6 is 0 Å². The minimum absolute atomic E-state index is 0.00126. The number of nitrogens with two attached hydrogens (primary N) is 1. The van der Waals surface area contributed by atoms with E-state index in [2.05, 4.69) is 19.2 Å². The van der Waals surface area contributed by atoms with Crippen LogP contribution < -0.4 is 11.1 Å². The summed E-state index contributed by atoms with van der Waals surface area (Å²) < 4.78 is 19.7. The van der Waals surface area contributed by atoms with Gasteiger partial charge in [-0.2, -0.15) is 4.55 Å². The Morgan fingerprint density at radius 2 is 1.83 bits per heavy atom. The van der Waals surface area contributed by atoms with Crippen LogP contribution in [-0.4, -0.2) is 10.5 Å². The second-order valence-electron chi connectivity index (χ2n) is 5.51. The summed E-state index contributed by atoms with van der Waals surface area (Å²) in [6, 6.07) is 10.8. The Balaban J connectivity index is 0.000000185. The van der Waals surface area contributed by atoms with Gasteiger partial charge in [-0.1, -0.05) is 10.3 Å². The molecule has 0 fully saturated rings. The van der Waals surface area contributed by atoms with Crippen LogP contribution in [0.5, 0.6) is 0 Å². The Hall–Kier alpha value is -2.18. The molecule has 1 heterocycles. The predicted molar refractivity (Wildman–Crippen MR) is 94.1 cm³/mol. The number of aryl methyl sites for hydroxylation is 3. The van der Waals surface area contributed by atoms with Gasteiger partial charge in [0.25, 0.3) is 0 Å². The maximum atomic E-state index is 11.0. The lowest BCUT2D eigenvalue weighted by molar-refractivity contribution is -0.116. The molecule has 0 radical (unpaired) electrons. The van der Waals surface area contributed by atoms with E-state index in [1.807, 2.05) is 18.2 Å². The van der Waals surface area contributed by atoms with Gasteiger partial charge in [-0.3, -0.25) is 4.79 Å². The number of fused-ring (bicyclic) bond motifs is 1. The van der Waals surface area contributed by atoms with Crippen molar-refractivity contribution in [2.45, 2.75) is 31.6 Å². The molecule has 1 aliphatic heterocycles. The van der Waals surface area contributed by atoms with Gasteiger partial charge < -0.3 is 11.1 Å². The Morgan fingerprint density at radius 3 is 2.43 bits per heavy atom. The Kier molecular flexibility index (Phi) is 5.52. The number of nitrogens with one attached hydrogen (secondary N) is 1. The third-order valence-corrected chi connectivity index (χ3v) is 4.46. The fourth-order valence-electron chi connectivity index (χ4n) is 2.25. The Labute approximate surface area is 138 Å². The molecule has 6 heteroatoms. The van der Waals surface area contributed by atoms with Crippen LogP contribution in [0.1, 0.15) is 23.1 Å². The lowest BCUT2D eigenvalue weighted by Gasteiger charge is -2.15. The number of hydrogen-bond acceptors (Lipinski definition) is 3. The van der Waals surface area contributed by atoms with Crippen LogP contribution in [0.2, 0.25) is 0 Å². The normalized spacial score (nSPS) is 14.1. The van der Waals surface area contributed by atoms with E-state index in [9.17, 15) is 9.00 Å². The number of thiol groups is 1. The summed E-state index contributed by atoms with van der Waals surface area (Å²) in [6.07, 6.45) is 1.08. The van der Waals surface area contributed by atoms with E-state index in [1.165, 1.54) is 11.1 Å². The molecule has 0 aliphatic carbocycles. The highest BCUT2D eigenvalue weighted by Gasteiger charge is 2.17. The minimum Gasteiger partial charge on any atom is -0.399 e. The first-order valence-electron chi connectivity index (χ1n) is 7.28. The molecule has 122 valence electrons. The van der Waals surface area contributed by atoms with E-state index < -0.39 is 11.1 Å². The highest BCUT2D eigenvalue weighted by atomic mass is 32.2. The molecular weight excluding hydrogens is 312 g/mol. The Morgan fingerprint density at radius 1 is 1.09 bits per heavy atom. The molecular formula is C17H21N2O3S+. The van der Waals surface area contributed by atoms with Crippen molar-refractivity contribution in [2.75, 3.05) is 11.1 Å². The van der Waals surface area contributed by atoms with Crippen molar-refractivity contribution in [1.29, 1.82) is 0 Å². The van der Waals surface area contributed by atoms with Crippen LogP contribution in [0.15, 0.2) is 41.3 Å². The summed E-state index contributed by atoms with van der Waals surface area (Å²) in [5, 5.41) is 2.71. The van der Waals surface area contributed by atoms with Crippen molar-refractivity contribution in [2.24, 2.45) is 0 Å². The maximum Gasteiger partial charge on any atom is 0.235 e. The molecule has 0 spiro atoms. The molecule has 3 rings (SSSR count). The molecule has 2 aromatic carbocycles. The van der Waals surface area contributed by atoms with Crippen LogP contribution in [0.25, 0.3) is 0 Å². The molecule has 5 nitrogen and oxygen atoms in total. The minimum atomic E-state index is -2.28. The van der Waals surface area contributed by atoms with Crippen molar-refractivity contribution >= 4 is 28.4 Å². The zero-order valence-corrected chi connectivity index (χ0v) is 14.1. The summed E-state index contributed by atoms with van der Waals surface area (Å²) in [6.45, 7) is 4.14. The van der Waals surface area contributed by atoms with Gasteiger partial charge in [0, 0.05) is 23.9 Å². The number of hydrogen-bond donors (Lipinski definition) is 3. The number of benzene rings is 2. The van der Waals surface area contributed by atoms with Crippen molar-refractivity contribution in [1.82, 2.24) is 0 Å². The molecule has 23 heavy (non-hydrogen) atoms. The fourth-order valence-corrected chi connectivity index (χ4v) is 2.72. The smallest absolute Gasteiger partial charge is 0.235 e. The number of rotatable bonds is 1. The predicted octanol–water partition coefficient (Wildman–Crippen LogP) is 2.98. The molecule has 0 saturated heterocycles. The Bertz CT molecular complexity index is 759. The third-order valence-electron chi connectivity index (χ3n) is 3.74. The van der Waals surface area contributed by atoms with Crippen LogP contribution in [0, 0.1) is 13.8 Å². The van der Waals surface area contributed by atoms with Gasteiger partial charge in [0.15, 0.2) is 4.90 Å². The van der Waals surface area contributed by atoms with E-state index in [0.29, 0.717) is 17.7 Å². The molecule has 1 amide bonds. The van der Waals surface area contributed by atoms with Crippen molar-refractivity contribution in [3.63, 3.8) is 0 Å². The van der Waals surface area contributed by atoms with Gasteiger partial charge in [0.05, 0.1) is 0 Å². The molecule has 4 N–H and O–H groups in total. The molecule has 1 atom stereocenters. The summed E-state index contributed by atoms with van der Waals surface area (Å²) >= 11 is -2.28. The van der Waals surface area contributed by atoms with Gasteiger partial charge in [-0.15, -0.1) is 0 Å². The second kappa shape index (κ2) is 7.39. The first kappa shape index (κ1) is 17.2. The quantitative estimate of drug-likeness (QED) is 0.425. The molecule has 2 aromatic rings. The van der Waals surface area contributed by atoms with Gasteiger partial charge in [0.1, 0.15) is 0 Å². The summed E-state index contributed by atoms with van der Waals surface area (Å²) in [4.78, 5) is 11.4. The van der Waals surface area contributed by atoms with Crippen LogP contribution in [-0.2, 0) is 26.5 Å². The standard InChI is InChI=1S/C9H9NO3S.C8H11N/c11-9-4-1-6-5-7(14(12)13)2-3-8(6)10-9;1-6-3-4-8(9)5-7(6)2/h2-3,5H,1,4H2,(H,10,11)(H,12,13);3-5H,9H2,1-2H3/p+1. The number of nitrogen functional groups attached to an aromatic ring is 1. The molecule has 0 saturated carbocycles. The maximum absolute atomic E-state index is 11.0. The first-order valence-corrected chi connectivity index (χ1v) is 8.49. The lowest BCUT2D eigenvalue weighted by Crippen LogP contribution is -2.18. The molecule has 1 aliphatic rings. The second-order valence-corrected chi connectivity index (χ2v) is 6.57. The number of carbonyl (C=O) groups excluding carboxylic acids is 1. The number of anilines is 2. The summed E-state index contributed by atoms with van der Waals surface area (Å²) in [5.74, 6) is -0.00126. The van der Waals surface area contributed by atoms with E-state index in [0.717, 1.165) is 16.9 Å². The van der Waals surface area contributed by atoms with Gasteiger partial charge in [-0.05, 0) is 61.2 Å². The average molecular weight is 333 g/mol. The largest absolute Gasteiger partial charge is 0.399 e. The van der Waals surface area contributed by atoms with Crippen molar-refractivity contribution in [3.05, 3.63) is 53.1 Å². The monoisotopic (exact) mass is 333 g/mol. The van der Waals surface area contributed by atoms with E-state index in [4.69, 9.17) is 10.3 Å². The van der Waals surface area contributed by atoms with E-state index >= 15 is 0 Å². The third kappa shape index (κ3) is 4.64. The number of amides is 1. The summed E-state index contributed by atoms with van der Waals surface area (Å²) in [5.41, 5.74) is 10.6. The molecule has 0 bridgehead atoms. The zero-order valence-electron chi connectivity index (χ0n) is 13.2. The lowest BCUT2D eigenvalue weighted by atomic mass is 10.0. The summed E-state index contributed by atoms with van der Waals surface area (Å²) in [7, 11) is 0. The van der Waals surface area contributed by atoms with Gasteiger partial charge in [0.2, 0.25) is 17.0 Å². The van der Waals surface area contributed by atoms with Gasteiger partial charge in [-0.25, -0.2) is 0 Å². The highest BCUT2D eigenvalue weighted by molar-refractivity contribution is 7.79. The SMILES string of the molecule is Cc1ccc(N)cc1C.O=C1CCc2cc([SH+](=O)O)ccc2N1. The van der Waals surface area contributed by atoms with Crippen LogP contribution in [0.3, 0.4) is 0 Å². The zero-order chi connectivity index (χ0) is 17.0. The highest BCUT2D eigenvalue weighted by Crippen LogP contribution is 2.24. The van der Waals surface area contributed by atoms with Gasteiger partial charge >= 0.3 is 0 Å². The van der Waals surface area contributed by atoms with Crippen LogP contribution in [0.4, 0.5) is 11.4 Å². The van der Waals surface area contributed by atoms with Crippen molar-refractivity contribution in [3.8, 4) is 0 Å². The van der Waals surface area contributed by atoms with E-state index in [1.54, 1.807) is 18.2 Å². The fraction of sp³-hybridized carbons (Fsp3) is 0.235. The topological polar surface area (TPSA) is 92.4 Å². The van der Waals surface area contributed by atoms with Crippen molar-refractivity contribution < 1.29 is 13.6 Å². The van der Waals surface area contributed by atoms with E-state index in [-0.39, 0.29) is 5.91 Å². The molecule has 0 aromatic heterocycles. The first-order chi connectivity index (χ1) is 10.9.